The van der Waals surface area contributed by atoms with Crippen LogP contribution in [0, 0.1) is 0 Å². The maximum atomic E-state index is 7.32. The maximum Gasteiger partial charge on any atom is 0.159 e. The summed E-state index contributed by atoms with van der Waals surface area (Å²) in [5, 5.41) is 12.1. The van der Waals surface area contributed by atoms with Crippen LogP contribution in [-0.2, 0) is 0 Å². The second kappa shape index (κ2) is 13.9. The van der Waals surface area contributed by atoms with Crippen LogP contribution in [-0.4, -0.2) is 0 Å². The van der Waals surface area contributed by atoms with E-state index >= 15 is 0 Å². The third kappa shape index (κ3) is 5.50. The van der Waals surface area contributed by atoms with Crippen molar-refractivity contribution >= 4 is 82.1 Å². The van der Waals surface area contributed by atoms with Gasteiger partial charge < -0.3 is 9.32 Å². The molecule has 0 saturated carbocycles. The first-order valence-corrected chi connectivity index (χ1v) is 20.6. The van der Waals surface area contributed by atoms with Gasteiger partial charge in [-0.2, -0.15) is 0 Å². The largest absolute Gasteiger partial charge is 0.453 e. The molecule has 2 nitrogen and oxygen atoms in total. The lowest BCUT2D eigenvalue weighted by Gasteiger charge is -2.26. The lowest BCUT2D eigenvalue weighted by atomic mass is 9.90. The Morgan fingerprint density at radius 3 is 1.30 bits per heavy atom. The number of para-hydroxylation sites is 1. The fourth-order valence-electron chi connectivity index (χ4n) is 9.40. The molecule has 2 heteroatoms. The van der Waals surface area contributed by atoms with Gasteiger partial charge in [0.25, 0.3) is 0 Å². The molecule has 0 atom stereocenters. The predicted octanol–water partition coefficient (Wildman–Crippen LogP) is 16.7. The lowest BCUT2D eigenvalue weighted by molar-refractivity contribution is 0.670. The number of nitrogens with zero attached hydrogens (tertiary/aromatic N) is 1. The summed E-state index contributed by atoms with van der Waals surface area (Å²) in [6.45, 7) is 0. The summed E-state index contributed by atoms with van der Waals surface area (Å²) in [6, 6.07) is 81.0. The molecule has 12 rings (SSSR count). The Balaban J connectivity index is 1.09. The Bertz CT molecular complexity index is 3450. The SMILES string of the molecule is c1ccc(-c2ccc(N(c3ccc(-c4ccccc4)cc3)c3cccc4c3oc3c(-c5ccc6c7ccccc7c7ccccc7c6c5)c5ccccc5cc34)cc2)cc1. The minimum Gasteiger partial charge on any atom is -0.453 e. The molecule has 11 aromatic carbocycles. The van der Waals surface area contributed by atoms with Crippen molar-refractivity contribution in [3.8, 4) is 33.4 Å². The van der Waals surface area contributed by atoms with Crippen molar-refractivity contribution in [1.29, 1.82) is 0 Å². The Morgan fingerprint density at radius 2 is 0.717 bits per heavy atom. The van der Waals surface area contributed by atoms with E-state index < -0.39 is 0 Å². The molecule has 0 bridgehead atoms. The predicted molar refractivity (Wildman–Crippen MR) is 255 cm³/mol. The van der Waals surface area contributed by atoms with E-state index in [-0.39, 0.29) is 0 Å². The molecule has 0 aliphatic heterocycles. The second-order valence-corrected chi connectivity index (χ2v) is 15.6. The number of benzene rings is 11. The summed E-state index contributed by atoms with van der Waals surface area (Å²) in [6.07, 6.45) is 0. The van der Waals surface area contributed by atoms with Crippen LogP contribution in [0.25, 0.3) is 98.4 Å². The molecular formula is C58H37NO. The average molecular weight is 764 g/mol. The van der Waals surface area contributed by atoms with E-state index in [9.17, 15) is 0 Å². The van der Waals surface area contributed by atoms with Crippen molar-refractivity contribution in [1.82, 2.24) is 0 Å². The Hall–Kier alpha value is -7.94. The molecule has 0 aliphatic rings. The van der Waals surface area contributed by atoms with E-state index in [2.05, 4.69) is 229 Å². The fraction of sp³-hybridized carbons (Fsp3) is 0. The van der Waals surface area contributed by atoms with Crippen LogP contribution in [0.2, 0.25) is 0 Å². The first kappa shape index (κ1) is 34.1. The minimum absolute atomic E-state index is 0.848. The smallest absolute Gasteiger partial charge is 0.159 e. The highest BCUT2D eigenvalue weighted by atomic mass is 16.3. The second-order valence-electron chi connectivity index (χ2n) is 15.6. The maximum absolute atomic E-state index is 7.32. The van der Waals surface area contributed by atoms with E-state index in [0.29, 0.717) is 0 Å². The fourth-order valence-corrected chi connectivity index (χ4v) is 9.40. The summed E-state index contributed by atoms with van der Waals surface area (Å²) >= 11 is 0. The zero-order chi connectivity index (χ0) is 39.6. The van der Waals surface area contributed by atoms with Gasteiger partial charge in [-0.25, -0.2) is 0 Å². The highest BCUT2D eigenvalue weighted by Gasteiger charge is 2.23. The van der Waals surface area contributed by atoms with Crippen LogP contribution in [0.1, 0.15) is 0 Å². The standard InChI is InChI=1S/C58H37NO/c1-3-14-38(15-4-1)40-26-31-44(32-27-40)59(45-33-28-41(29-34-45)39-16-5-2-6-17-39)55-25-13-24-52-54-36-42-18-7-8-19-46(42)56(58(54)60-57(52)55)43-30-35-51-49-22-10-9-20-47(49)48-21-11-12-23-50(48)53(51)37-43/h1-37H. The van der Waals surface area contributed by atoms with Crippen LogP contribution in [0.15, 0.2) is 229 Å². The van der Waals surface area contributed by atoms with Crippen molar-refractivity contribution in [3.05, 3.63) is 224 Å². The van der Waals surface area contributed by atoms with Crippen LogP contribution < -0.4 is 4.90 Å². The molecule has 1 aromatic heterocycles. The summed E-state index contributed by atoms with van der Waals surface area (Å²) in [7, 11) is 0. The van der Waals surface area contributed by atoms with E-state index in [1.54, 1.807) is 0 Å². The van der Waals surface area contributed by atoms with Gasteiger partial charge in [-0.15, -0.1) is 0 Å². The molecule has 280 valence electrons. The summed E-state index contributed by atoms with van der Waals surface area (Å²) in [5.74, 6) is 0. The Kier molecular flexibility index (Phi) is 7.89. The van der Waals surface area contributed by atoms with Gasteiger partial charge in [0, 0.05) is 27.7 Å². The number of rotatable bonds is 6. The van der Waals surface area contributed by atoms with Crippen LogP contribution >= 0.6 is 0 Å². The van der Waals surface area contributed by atoms with E-state index in [0.717, 1.165) is 50.1 Å². The van der Waals surface area contributed by atoms with Crippen LogP contribution in [0.5, 0.6) is 0 Å². The van der Waals surface area contributed by atoms with Gasteiger partial charge in [0.15, 0.2) is 5.58 Å². The number of hydrogen-bond donors (Lipinski definition) is 0. The summed E-state index contributed by atoms with van der Waals surface area (Å²) in [5.41, 5.74) is 11.8. The molecule has 1 heterocycles. The van der Waals surface area contributed by atoms with Gasteiger partial charge in [0.2, 0.25) is 0 Å². The summed E-state index contributed by atoms with van der Waals surface area (Å²) in [4.78, 5) is 2.33. The van der Waals surface area contributed by atoms with Crippen molar-refractivity contribution in [2.75, 3.05) is 4.90 Å². The van der Waals surface area contributed by atoms with E-state index in [1.807, 2.05) is 0 Å². The van der Waals surface area contributed by atoms with Gasteiger partial charge in [-0.05, 0) is 113 Å². The summed E-state index contributed by atoms with van der Waals surface area (Å²) < 4.78 is 7.32. The number of anilines is 3. The minimum atomic E-state index is 0.848. The molecule has 0 radical (unpaired) electrons. The quantitative estimate of drug-likeness (QED) is 0.157. The molecule has 12 aromatic rings. The van der Waals surface area contributed by atoms with Gasteiger partial charge in [0.1, 0.15) is 5.58 Å². The first-order valence-electron chi connectivity index (χ1n) is 20.6. The van der Waals surface area contributed by atoms with E-state index in [4.69, 9.17) is 4.42 Å². The Morgan fingerprint density at radius 1 is 0.267 bits per heavy atom. The van der Waals surface area contributed by atoms with Crippen molar-refractivity contribution in [2.24, 2.45) is 0 Å². The topological polar surface area (TPSA) is 16.4 Å². The number of hydrogen-bond acceptors (Lipinski definition) is 2. The average Bonchev–Trinajstić information content (AvgIpc) is 3.70. The van der Waals surface area contributed by atoms with Crippen molar-refractivity contribution in [2.45, 2.75) is 0 Å². The number of fused-ring (bicyclic) bond motifs is 10. The Labute approximate surface area is 347 Å². The monoisotopic (exact) mass is 763 g/mol. The van der Waals surface area contributed by atoms with Crippen molar-refractivity contribution < 1.29 is 4.42 Å². The molecule has 0 spiro atoms. The molecule has 0 unspecified atom stereocenters. The van der Waals surface area contributed by atoms with Gasteiger partial charge in [0.05, 0.1) is 5.69 Å². The van der Waals surface area contributed by atoms with Crippen LogP contribution in [0.4, 0.5) is 17.1 Å². The van der Waals surface area contributed by atoms with E-state index in [1.165, 1.54) is 65.3 Å². The third-order valence-corrected chi connectivity index (χ3v) is 12.2. The third-order valence-electron chi connectivity index (χ3n) is 12.2. The lowest BCUT2D eigenvalue weighted by Crippen LogP contribution is -2.10. The first-order chi connectivity index (χ1) is 29.8. The zero-order valence-electron chi connectivity index (χ0n) is 32.7. The van der Waals surface area contributed by atoms with Gasteiger partial charge in [-0.1, -0.05) is 182 Å². The molecule has 0 aliphatic carbocycles. The molecule has 0 N–H and O–H groups in total. The highest BCUT2D eigenvalue weighted by Crippen LogP contribution is 2.47. The van der Waals surface area contributed by atoms with Crippen molar-refractivity contribution in [3.63, 3.8) is 0 Å². The van der Waals surface area contributed by atoms with Gasteiger partial charge in [-0.3, -0.25) is 0 Å². The molecule has 0 fully saturated rings. The molecular weight excluding hydrogens is 727 g/mol. The zero-order valence-corrected chi connectivity index (χ0v) is 32.7. The van der Waals surface area contributed by atoms with Crippen LogP contribution in [0.3, 0.4) is 0 Å². The molecule has 0 amide bonds. The van der Waals surface area contributed by atoms with Gasteiger partial charge >= 0.3 is 0 Å². The normalized spacial score (nSPS) is 11.7. The highest BCUT2D eigenvalue weighted by molar-refractivity contribution is 6.27. The number of furan rings is 1. The molecule has 0 saturated heterocycles. The molecule has 60 heavy (non-hydrogen) atoms.